The van der Waals surface area contributed by atoms with Gasteiger partial charge in [0.05, 0.1) is 6.04 Å². The lowest BCUT2D eigenvalue weighted by atomic mass is 10.1. The molecule has 2 rings (SSSR count). The Labute approximate surface area is 128 Å². The molecule has 2 aromatic rings. The molecule has 0 aliphatic carbocycles. The van der Waals surface area contributed by atoms with E-state index in [0.717, 1.165) is 11.1 Å². The monoisotopic (exact) mass is 307 g/mol. The van der Waals surface area contributed by atoms with Gasteiger partial charge in [-0.25, -0.2) is 0 Å². The van der Waals surface area contributed by atoms with Gasteiger partial charge in [0.2, 0.25) is 0 Å². The first-order valence-corrected chi connectivity index (χ1v) is 7.23. The Morgan fingerprint density at radius 3 is 2.65 bits per heavy atom. The van der Waals surface area contributed by atoms with Gasteiger partial charge >= 0.3 is 0 Å². The molecule has 2 aromatic carbocycles. The van der Waals surface area contributed by atoms with E-state index in [1.807, 2.05) is 43.3 Å². The highest BCUT2D eigenvalue weighted by atomic mass is 35.5. The maximum Gasteiger partial charge on any atom is 0.251 e. The first-order chi connectivity index (χ1) is 9.61. The fourth-order valence-electron chi connectivity index (χ4n) is 1.98. The van der Waals surface area contributed by atoms with E-state index < -0.39 is 0 Å². The average molecular weight is 308 g/mol. The van der Waals surface area contributed by atoms with E-state index in [-0.39, 0.29) is 11.9 Å². The zero-order chi connectivity index (χ0) is 14.5. The van der Waals surface area contributed by atoms with Crippen molar-refractivity contribution in [2.24, 2.45) is 0 Å². The number of benzene rings is 2. The molecule has 0 aromatic heterocycles. The summed E-state index contributed by atoms with van der Waals surface area (Å²) in [6.07, 6.45) is 0. The molecule has 4 heteroatoms. The van der Waals surface area contributed by atoms with Crippen LogP contribution in [0, 0.1) is 0 Å². The molecule has 0 bridgehead atoms. The minimum atomic E-state index is -0.157. The van der Waals surface area contributed by atoms with E-state index in [0.29, 0.717) is 16.5 Å². The Hall–Kier alpha value is -1.51. The van der Waals surface area contributed by atoms with E-state index in [4.69, 9.17) is 23.2 Å². The van der Waals surface area contributed by atoms with Crippen molar-refractivity contribution in [3.8, 4) is 0 Å². The van der Waals surface area contributed by atoms with Gasteiger partial charge in [-0.2, -0.15) is 0 Å². The summed E-state index contributed by atoms with van der Waals surface area (Å²) in [5.74, 6) is 0.255. The van der Waals surface area contributed by atoms with Crippen LogP contribution in [-0.2, 0) is 5.88 Å². The summed E-state index contributed by atoms with van der Waals surface area (Å²) >= 11 is 11.9. The fourth-order valence-corrected chi connectivity index (χ4v) is 2.45. The molecule has 0 aliphatic rings. The van der Waals surface area contributed by atoms with Crippen LogP contribution < -0.4 is 5.32 Å². The van der Waals surface area contributed by atoms with Gasteiger partial charge in [0, 0.05) is 16.5 Å². The Bertz CT molecular complexity index is 613. The van der Waals surface area contributed by atoms with E-state index in [9.17, 15) is 4.79 Å². The van der Waals surface area contributed by atoms with Crippen LogP contribution >= 0.6 is 23.2 Å². The zero-order valence-electron chi connectivity index (χ0n) is 11.1. The lowest BCUT2D eigenvalue weighted by Gasteiger charge is -2.16. The molecule has 0 saturated carbocycles. The van der Waals surface area contributed by atoms with Crippen molar-refractivity contribution in [1.82, 2.24) is 5.32 Å². The van der Waals surface area contributed by atoms with Gasteiger partial charge in [-0.15, -0.1) is 11.6 Å². The molecule has 0 spiro atoms. The fraction of sp³-hybridized carbons (Fsp3) is 0.188. The van der Waals surface area contributed by atoms with Gasteiger partial charge in [-0.3, -0.25) is 4.79 Å². The van der Waals surface area contributed by atoms with E-state index >= 15 is 0 Å². The molecule has 0 heterocycles. The van der Waals surface area contributed by atoms with Gasteiger partial charge in [0.25, 0.3) is 5.91 Å². The van der Waals surface area contributed by atoms with Gasteiger partial charge < -0.3 is 5.32 Å². The second kappa shape index (κ2) is 6.78. The summed E-state index contributed by atoms with van der Waals surface area (Å²) in [5, 5.41) is 3.59. The quantitative estimate of drug-likeness (QED) is 0.824. The van der Waals surface area contributed by atoms with Crippen molar-refractivity contribution in [2.45, 2.75) is 18.8 Å². The summed E-state index contributed by atoms with van der Waals surface area (Å²) in [4.78, 5) is 12.2. The van der Waals surface area contributed by atoms with Crippen molar-refractivity contribution in [2.75, 3.05) is 0 Å². The van der Waals surface area contributed by atoms with Crippen molar-refractivity contribution < 1.29 is 4.79 Å². The smallest absolute Gasteiger partial charge is 0.251 e. The molecule has 20 heavy (non-hydrogen) atoms. The highest BCUT2D eigenvalue weighted by Crippen LogP contribution is 2.22. The molecule has 1 atom stereocenters. The first-order valence-electron chi connectivity index (χ1n) is 6.32. The van der Waals surface area contributed by atoms with Crippen LogP contribution in [0.4, 0.5) is 0 Å². The molecule has 1 amide bonds. The average Bonchev–Trinajstić information content (AvgIpc) is 2.47. The lowest BCUT2D eigenvalue weighted by Crippen LogP contribution is -2.26. The largest absolute Gasteiger partial charge is 0.345 e. The third-order valence-electron chi connectivity index (χ3n) is 3.06. The molecule has 0 saturated heterocycles. The Balaban J connectivity index is 2.13. The van der Waals surface area contributed by atoms with Crippen molar-refractivity contribution in [3.63, 3.8) is 0 Å². The summed E-state index contributed by atoms with van der Waals surface area (Å²) in [7, 11) is 0. The number of hydrogen-bond donors (Lipinski definition) is 1. The van der Waals surface area contributed by atoms with Crippen LogP contribution in [0.5, 0.6) is 0 Å². The number of alkyl halides is 1. The number of rotatable bonds is 4. The summed E-state index contributed by atoms with van der Waals surface area (Å²) in [5.41, 5.74) is 2.42. The van der Waals surface area contributed by atoms with Gasteiger partial charge in [0.15, 0.2) is 0 Å². The standard InChI is InChI=1S/C16H15Cl2NO/c1-11(14-7-2-3-8-15(14)18)19-16(20)13-6-4-5-12(9-13)10-17/h2-9,11H,10H2,1H3,(H,19,20). The topological polar surface area (TPSA) is 29.1 Å². The van der Waals surface area contributed by atoms with Crippen LogP contribution in [0.3, 0.4) is 0 Å². The molecule has 1 unspecified atom stereocenters. The van der Waals surface area contributed by atoms with Crippen LogP contribution in [-0.4, -0.2) is 5.91 Å². The van der Waals surface area contributed by atoms with Crippen molar-refractivity contribution in [1.29, 1.82) is 0 Å². The maximum atomic E-state index is 12.2. The van der Waals surface area contributed by atoms with E-state index in [1.54, 1.807) is 12.1 Å². The molecular weight excluding hydrogens is 293 g/mol. The number of amides is 1. The summed E-state index contributed by atoms with van der Waals surface area (Å²) in [6.45, 7) is 1.91. The van der Waals surface area contributed by atoms with Crippen LogP contribution in [0.15, 0.2) is 48.5 Å². The first kappa shape index (κ1) is 14.9. The molecule has 0 aliphatic heterocycles. The van der Waals surface area contributed by atoms with Crippen LogP contribution in [0.1, 0.15) is 34.5 Å². The minimum Gasteiger partial charge on any atom is -0.345 e. The Morgan fingerprint density at radius 1 is 1.20 bits per heavy atom. The van der Waals surface area contributed by atoms with Gasteiger partial charge in [-0.05, 0) is 36.2 Å². The molecule has 1 N–H and O–H groups in total. The number of hydrogen-bond acceptors (Lipinski definition) is 1. The summed E-state index contributed by atoms with van der Waals surface area (Å²) in [6, 6.07) is 14.6. The second-order valence-corrected chi connectivity index (χ2v) is 5.23. The van der Waals surface area contributed by atoms with Crippen LogP contribution in [0.25, 0.3) is 0 Å². The zero-order valence-corrected chi connectivity index (χ0v) is 12.6. The predicted molar refractivity (Wildman–Crippen MR) is 83.3 cm³/mol. The molecule has 0 radical (unpaired) electrons. The highest BCUT2D eigenvalue weighted by Gasteiger charge is 2.13. The van der Waals surface area contributed by atoms with E-state index in [2.05, 4.69) is 5.32 Å². The predicted octanol–water partition coefficient (Wildman–Crippen LogP) is 4.57. The van der Waals surface area contributed by atoms with Crippen LogP contribution in [0.2, 0.25) is 5.02 Å². The number of nitrogens with one attached hydrogen (secondary N) is 1. The highest BCUT2D eigenvalue weighted by molar-refractivity contribution is 6.31. The van der Waals surface area contributed by atoms with Crippen molar-refractivity contribution >= 4 is 29.1 Å². The SMILES string of the molecule is CC(NC(=O)c1cccc(CCl)c1)c1ccccc1Cl. The lowest BCUT2D eigenvalue weighted by molar-refractivity contribution is 0.0940. The van der Waals surface area contributed by atoms with Gasteiger partial charge in [-0.1, -0.05) is 41.9 Å². The number of carbonyl (C=O) groups excluding carboxylic acids is 1. The normalized spacial score (nSPS) is 11.9. The molecule has 0 fully saturated rings. The summed E-state index contributed by atoms with van der Waals surface area (Å²) < 4.78 is 0. The Morgan fingerprint density at radius 2 is 1.95 bits per heavy atom. The number of carbonyl (C=O) groups is 1. The van der Waals surface area contributed by atoms with Crippen molar-refractivity contribution in [3.05, 3.63) is 70.2 Å². The minimum absolute atomic E-state index is 0.135. The number of halogens is 2. The van der Waals surface area contributed by atoms with Gasteiger partial charge in [0.1, 0.15) is 0 Å². The third-order valence-corrected chi connectivity index (χ3v) is 3.72. The molecule has 2 nitrogen and oxygen atoms in total. The third kappa shape index (κ3) is 3.53. The molecule has 104 valence electrons. The van der Waals surface area contributed by atoms with E-state index in [1.165, 1.54) is 0 Å². The Kier molecular flexibility index (Phi) is 5.05. The molecular formula is C16H15Cl2NO. The maximum absolute atomic E-state index is 12.2. The second-order valence-electron chi connectivity index (χ2n) is 4.55.